The first-order valence-corrected chi connectivity index (χ1v) is 4.31. The summed E-state index contributed by atoms with van der Waals surface area (Å²) in [5.41, 5.74) is 0. The summed E-state index contributed by atoms with van der Waals surface area (Å²) in [6.07, 6.45) is 0. The lowest BCUT2D eigenvalue weighted by Crippen LogP contribution is -1.98. The minimum absolute atomic E-state index is 0. The van der Waals surface area contributed by atoms with E-state index in [1.807, 2.05) is 0 Å². The molecule has 8 heavy (non-hydrogen) atoms. The smallest absolute Gasteiger partial charge is 0.114 e. The van der Waals surface area contributed by atoms with Crippen molar-refractivity contribution in [3.05, 3.63) is 0 Å². The lowest BCUT2D eigenvalue weighted by Gasteiger charge is -2.02. The Labute approximate surface area is 69.5 Å². The molecule has 2 heteroatoms. The van der Waals surface area contributed by atoms with Gasteiger partial charge in [0.1, 0.15) is 0 Å². The first-order chi connectivity index (χ1) is 3.13. The normalized spacial score (nSPS) is 9.25. The van der Waals surface area contributed by atoms with Gasteiger partial charge in [-0.15, -0.1) is 17.0 Å². The molecule has 0 aliphatic rings. The summed E-state index contributed by atoms with van der Waals surface area (Å²) in [7, 11) is 0. The zero-order chi connectivity index (χ0) is 5.86. The topological polar surface area (TPSA) is 0 Å². The predicted molar refractivity (Wildman–Crippen MR) is 46.3 cm³/mol. The molecule has 0 nitrogen and oxygen atoms in total. The van der Waals surface area contributed by atoms with Crippen LogP contribution < -0.4 is 0 Å². The van der Waals surface area contributed by atoms with Gasteiger partial charge in [0, 0.05) is 0 Å². The average Bonchev–Trinajstić information content (AvgIpc) is 1.27. The molecule has 0 amide bonds. The van der Waals surface area contributed by atoms with Gasteiger partial charge < -0.3 is 0 Å². The van der Waals surface area contributed by atoms with E-state index in [2.05, 4.69) is 27.7 Å². The molecule has 0 saturated carbocycles. The van der Waals surface area contributed by atoms with Crippen LogP contribution in [0.4, 0.5) is 0 Å². The second-order valence-electron chi connectivity index (χ2n) is 2.68. The molecule has 0 aromatic rings. The number of halogens is 1. The van der Waals surface area contributed by atoms with E-state index in [1.54, 1.807) is 0 Å². The highest BCUT2D eigenvalue weighted by molar-refractivity contribution is 8.93. The molecule has 0 atom stereocenters. The van der Waals surface area contributed by atoms with E-state index < -0.39 is 0 Å². The van der Waals surface area contributed by atoms with Gasteiger partial charge in [-0.2, -0.15) is 0 Å². The SMILES string of the molecule is Br.C[CH](C)[Al][CH](C)C. The molecule has 49 valence electrons. The summed E-state index contributed by atoms with van der Waals surface area (Å²) in [6, 6.07) is 0. The van der Waals surface area contributed by atoms with E-state index >= 15 is 0 Å². The molecule has 0 fully saturated rings. The Morgan fingerprint density at radius 2 is 1.12 bits per heavy atom. The number of hydrogen-bond acceptors (Lipinski definition) is 0. The highest BCUT2D eigenvalue weighted by Crippen LogP contribution is 2.07. The Morgan fingerprint density at radius 1 is 0.875 bits per heavy atom. The monoisotopic (exact) mass is 193 g/mol. The van der Waals surface area contributed by atoms with E-state index in [0.717, 1.165) is 9.56 Å². The molecule has 0 bridgehead atoms. The molecule has 0 heterocycles. The molecule has 1 radical (unpaired) electrons. The molecule has 0 saturated heterocycles. The van der Waals surface area contributed by atoms with E-state index in [4.69, 9.17) is 0 Å². The van der Waals surface area contributed by atoms with Crippen LogP contribution in [0.1, 0.15) is 27.7 Å². The van der Waals surface area contributed by atoms with Gasteiger partial charge in [-0.05, 0) is 0 Å². The van der Waals surface area contributed by atoms with Crippen LogP contribution in [-0.2, 0) is 0 Å². The average molecular weight is 194 g/mol. The van der Waals surface area contributed by atoms with Crippen LogP contribution in [0.25, 0.3) is 0 Å². The van der Waals surface area contributed by atoms with Crippen molar-refractivity contribution in [2.45, 2.75) is 37.3 Å². The Morgan fingerprint density at radius 3 is 1.12 bits per heavy atom. The minimum Gasteiger partial charge on any atom is -0.114 e. The summed E-state index contributed by atoms with van der Waals surface area (Å²) in [5.74, 6) is 0. The zero-order valence-electron chi connectivity index (χ0n) is 6.14. The minimum atomic E-state index is 0. The Hall–Kier alpha value is 1.01. The maximum atomic E-state index is 2.30. The molecule has 0 spiro atoms. The lowest BCUT2D eigenvalue weighted by molar-refractivity contribution is 0.971. The third-order valence-corrected chi connectivity index (χ3v) is 2.31. The van der Waals surface area contributed by atoms with Crippen molar-refractivity contribution in [3.63, 3.8) is 0 Å². The summed E-state index contributed by atoms with van der Waals surface area (Å²) < 4.78 is 1.92. The van der Waals surface area contributed by atoms with Gasteiger partial charge in [-0.25, -0.2) is 0 Å². The molecule has 0 unspecified atom stereocenters. The first kappa shape index (κ1) is 11.8. The first-order valence-electron chi connectivity index (χ1n) is 2.98. The van der Waals surface area contributed by atoms with Crippen LogP contribution in [0.15, 0.2) is 0 Å². The summed E-state index contributed by atoms with van der Waals surface area (Å²) in [4.78, 5) is 0. The molecular weight excluding hydrogens is 179 g/mol. The Kier molecular flexibility index (Phi) is 9.03. The molecule has 0 rings (SSSR count). The highest BCUT2D eigenvalue weighted by Gasteiger charge is 1.99. The van der Waals surface area contributed by atoms with Crippen molar-refractivity contribution >= 4 is 32.2 Å². The van der Waals surface area contributed by atoms with Crippen molar-refractivity contribution in [2.24, 2.45) is 0 Å². The summed E-state index contributed by atoms with van der Waals surface area (Å²) in [5, 5.41) is 0. The third kappa shape index (κ3) is 10.1. The summed E-state index contributed by atoms with van der Waals surface area (Å²) in [6.45, 7) is 9.20. The van der Waals surface area contributed by atoms with Gasteiger partial charge in [-0.3, -0.25) is 0 Å². The van der Waals surface area contributed by atoms with Gasteiger partial charge >= 0.3 is 0 Å². The molecule has 0 aromatic heterocycles. The van der Waals surface area contributed by atoms with Gasteiger partial charge in [-0.1, -0.05) is 37.3 Å². The molecule has 0 aromatic carbocycles. The van der Waals surface area contributed by atoms with E-state index in [0.29, 0.717) is 15.2 Å². The van der Waals surface area contributed by atoms with Crippen LogP contribution >= 0.6 is 17.0 Å². The van der Waals surface area contributed by atoms with E-state index in [-0.39, 0.29) is 17.0 Å². The quantitative estimate of drug-likeness (QED) is 0.593. The maximum absolute atomic E-state index is 2.30. The Bertz CT molecular complexity index is 37.8. The summed E-state index contributed by atoms with van der Waals surface area (Å²) >= 11 is 0.713. The number of hydrogen-bond donors (Lipinski definition) is 0. The second kappa shape index (κ2) is 6.14. The van der Waals surface area contributed by atoms with Gasteiger partial charge in [0.2, 0.25) is 15.2 Å². The van der Waals surface area contributed by atoms with E-state index in [9.17, 15) is 0 Å². The van der Waals surface area contributed by atoms with Crippen molar-refractivity contribution in [2.75, 3.05) is 0 Å². The standard InChI is InChI=1S/2C3H7.Al.BrH/c2*1-3-2;;/h2*3H,1-2H3;;1H. The Balaban J connectivity index is 0. The van der Waals surface area contributed by atoms with Crippen LogP contribution in [-0.4, -0.2) is 15.2 Å². The highest BCUT2D eigenvalue weighted by atomic mass is 79.9. The fraction of sp³-hybridized carbons (Fsp3) is 1.00. The molecular formula is C6H15AlBr. The largest absolute Gasteiger partial charge is 0.208 e. The van der Waals surface area contributed by atoms with Gasteiger partial charge in [0.05, 0.1) is 0 Å². The lowest BCUT2D eigenvalue weighted by atomic mass is 10.5. The van der Waals surface area contributed by atoms with Crippen LogP contribution in [0.2, 0.25) is 9.56 Å². The second-order valence-corrected chi connectivity index (χ2v) is 5.73. The van der Waals surface area contributed by atoms with Gasteiger partial charge in [0.25, 0.3) is 0 Å². The molecule has 0 aliphatic heterocycles. The van der Waals surface area contributed by atoms with Crippen LogP contribution in [0.3, 0.4) is 0 Å². The van der Waals surface area contributed by atoms with E-state index in [1.165, 1.54) is 0 Å². The zero-order valence-corrected chi connectivity index (χ0v) is 9.01. The van der Waals surface area contributed by atoms with Crippen molar-refractivity contribution in [1.82, 2.24) is 0 Å². The molecule has 0 aliphatic carbocycles. The third-order valence-electron chi connectivity index (χ3n) is 0.770. The van der Waals surface area contributed by atoms with Gasteiger partial charge in [0.15, 0.2) is 0 Å². The maximum Gasteiger partial charge on any atom is 0.208 e. The van der Waals surface area contributed by atoms with Crippen molar-refractivity contribution in [3.8, 4) is 0 Å². The van der Waals surface area contributed by atoms with Crippen LogP contribution in [0.5, 0.6) is 0 Å². The number of rotatable bonds is 2. The fourth-order valence-corrected chi connectivity index (χ4v) is 2.31. The predicted octanol–water partition coefficient (Wildman–Crippen LogP) is 2.93. The molecule has 0 N–H and O–H groups in total. The fourth-order valence-electron chi connectivity index (χ4n) is 0.770. The van der Waals surface area contributed by atoms with Crippen LogP contribution in [0, 0.1) is 0 Å². The van der Waals surface area contributed by atoms with Crippen molar-refractivity contribution < 1.29 is 0 Å². The van der Waals surface area contributed by atoms with Crippen molar-refractivity contribution in [1.29, 1.82) is 0 Å².